The normalized spacial score (nSPS) is 11.3. The van der Waals surface area contributed by atoms with Gasteiger partial charge in [0, 0.05) is 12.2 Å². The molecule has 3 aromatic rings. The summed E-state index contributed by atoms with van der Waals surface area (Å²) in [6.07, 6.45) is -4.45. The molecule has 0 unspecified atom stereocenters. The first-order chi connectivity index (χ1) is 11.9. The van der Waals surface area contributed by atoms with E-state index in [2.05, 4.69) is 10.6 Å². The van der Waals surface area contributed by atoms with E-state index in [9.17, 15) is 18.0 Å². The average Bonchev–Trinajstić information content (AvgIpc) is 2.59. The van der Waals surface area contributed by atoms with Crippen molar-refractivity contribution in [1.82, 2.24) is 5.32 Å². The Labute approximate surface area is 142 Å². The predicted octanol–water partition coefficient (Wildman–Crippen LogP) is 5.18. The maximum absolute atomic E-state index is 12.7. The van der Waals surface area contributed by atoms with E-state index in [1.807, 2.05) is 42.5 Å². The van der Waals surface area contributed by atoms with Crippen LogP contribution in [0, 0.1) is 0 Å². The number of fused-ring (bicyclic) bond motifs is 1. The number of rotatable bonds is 3. The van der Waals surface area contributed by atoms with E-state index in [-0.39, 0.29) is 12.2 Å². The van der Waals surface area contributed by atoms with E-state index >= 15 is 0 Å². The topological polar surface area (TPSA) is 41.1 Å². The van der Waals surface area contributed by atoms with E-state index in [0.29, 0.717) is 0 Å². The summed E-state index contributed by atoms with van der Waals surface area (Å²) in [5.41, 5.74) is 0.210. The van der Waals surface area contributed by atoms with Crippen molar-refractivity contribution in [2.75, 3.05) is 5.32 Å². The SMILES string of the molecule is O=C(NCc1cccc2ccccc12)Nc1cccc(C(F)(F)F)c1. The van der Waals surface area contributed by atoms with Crippen LogP contribution in [0.3, 0.4) is 0 Å². The van der Waals surface area contributed by atoms with Crippen molar-refractivity contribution in [2.45, 2.75) is 12.7 Å². The van der Waals surface area contributed by atoms with Gasteiger partial charge in [-0.05, 0) is 34.5 Å². The lowest BCUT2D eigenvalue weighted by molar-refractivity contribution is -0.137. The van der Waals surface area contributed by atoms with Crippen LogP contribution in [0.25, 0.3) is 10.8 Å². The smallest absolute Gasteiger partial charge is 0.334 e. The highest BCUT2D eigenvalue weighted by Gasteiger charge is 2.30. The molecule has 0 saturated heterocycles. The van der Waals surface area contributed by atoms with Crippen LogP contribution < -0.4 is 10.6 Å². The Morgan fingerprint density at radius 1 is 0.920 bits per heavy atom. The maximum Gasteiger partial charge on any atom is 0.416 e. The fraction of sp³-hybridized carbons (Fsp3) is 0.105. The van der Waals surface area contributed by atoms with Gasteiger partial charge in [-0.25, -0.2) is 4.79 Å². The molecule has 2 amide bonds. The Bertz CT molecular complexity index is 901. The predicted molar refractivity (Wildman–Crippen MR) is 91.3 cm³/mol. The molecule has 0 bridgehead atoms. The molecule has 3 aromatic carbocycles. The molecule has 0 spiro atoms. The highest BCUT2D eigenvalue weighted by Crippen LogP contribution is 2.30. The molecule has 3 nitrogen and oxygen atoms in total. The summed E-state index contributed by atoms with van der Waals surface area (Å²) in [5.74, 6) is 0. The van der Waals surface area contributed by atoms with Gasteiger partial charge in [0.25, 0.3) is 0 Å². The summed E-state index contributed by atoms with van der Waals surface area (Å²) in [6.45, 7) is 0.270. The Morgan fingerprint density at radius 2 is 1.64 bits per heavy atom. The molecule has 0 aliphatic heterocycles. The van der Waals surface area contributed by atoms with Gasteiger partial charge in [0.1, 0.15) is 0 Å². The second-order valence-corrected chi connectivity index (χ2v) is 5.52. The fourth-order valence-corrected chi connectivity index (χ4v) is 2.57. The van der Waals surface area contributed by atoms with E-state index in [1.54, 1.807) is 0 Å². The van der Waals surface area contributed by atoms with Gasteiger partial charge in [0.15, 0.2) is 0 Å². The van der Waals surface area contributed by atoms with Gasteiger partial charge in [-0.1, -0.05) is 48.5 Å². The highest BCUT2D eigenvalue weighted by molar-refractivity contribution is 5.90. The lowest BCUT2D eigenvalue weighted by atomic mass is 10.0. The lowest BCUT2D eigenvalue weighted by Crippen LogP contribution is -2.28. The summed E-state index contributed by atoms with van der Waals surface area (Å²) in [6, 6.07) is 17.5. The number of hydrogen-bond acceptors (Lipinski definition) is 1. The fourth-order valence-electron chi connectivity index (χ4n) is 2.57. The van der Waals surface area contributed by atoms with Crippen molar-refractivity contribution in [3.05, 3.63) is 77.9 Å². The third-order valence-corrected chi connectivity index (χ3v) is 3.77. The Hall–Kier alpha value is -3.02. The van der Waals surface area contributed by atoms with Crippen molar-refractivity contribution in [3.8, 4) is 0 Å². The molecule has 0 heterocycles. The molecule has 0 radical (unpaired) electrons. The number of amides is 2. The molecular weight excluding hydrogens is 329 g/mol. The summed E-state index contributed by atoms with van der Waals surface area (Å²) in [4.78, 5) is 12.0. The molecule has 0 aromatic heterocycles. The number of anilines is 1. The van der Waals surface area contributed by atoms with E-state index in [1.165, 1.54) is 12.1 Å². The van der Waals surface area contributed by atoms with Gasteiger partial charge in [-0.3, -0.25) is 0 Å². The van der Waals surface area contributed by atoms with Gasteiger partial charge < -0.3 is 10.6 Å². The quantitative estimate of drug-likeness (QED) is 0.675. The lowest BCUT2D eigenvalue weighted by Gasteiger charge is -2.11. The molecule has 128 valence electrons. The van der Waals surface area contributed by atoms with Gasteiger partial charge in [0.2, 0.25) is 0 Å². The van der Waals surface area contributed by atoms with Crippen molar-refractivity contribution in [1.29, 1.82) is 0 Å². The van der Waals surface area contributed by atoms with E-state index in [0.717, 1.165) is 28.5 Å². The standard InChI is InChI=1S/C19H15F3N2O/c20-19(21,22)15-8-4-9-16(11-15)24-18(25)23-12-14-7-3-6-13-5-1-2-10-17(13)14/h1-11H,12H2,(H2,23,24,25). The van der Waals surface area contributed by atoms with Crippen LogP contribution in [-0.4, -0.2) is 6.03 Å². The number of nitrogens with one attached hydrogen (secondary N) is 2. The van der Waals surface area contributed by atoms with Crippen molar-refractivity contribution >= 4 is 22.5 Å². The van der Waals surface area contributed by atoms with Crippen LogP contribution in [0.1, 0.15) is 11.1 Å². The van der Waals surface area contributed by atoms with Gasteiger partial charge >= 0.3 is 12.2 Å². The summed E-state index contributed by atoms with van der Waals surface area (Å²) < 4.78 is 38.1. The van der Waals surface area contributed by atoms with Crippen LogP contribution in [-0.2, 0) is 12.7 Å². The largest absolute Gasteiger partial charge is 0.416 e. The van der Waals surface area contributed by atoms with Crippen LogP contribution in [0.15, 0.2) is 66.7 Å². The summed E-state index contributed by atoms with van der Waals surface area (Å²) in [5, 5.41) is 7.16. The first-order valence-corrected chi connectivity index (χ1v) is 7.62. The minimum absolute atomic E-state index is 0.0882. The highest BCUT2D eigenvalue weighted by atomic mass is 19.4. The van der Waals surface area contributed by atoms with Crippen molar-refractivity contribution in [3.63, 3.8) is 0 Å². The van der Waals surface area contributed by atoms with Gasteiger partial charge in [-0.2, -0.15) is 13.2 Å². The molecule has 0 atom stereocenters. The van der Waals surface area contributed by atoms with Crippen LogP contribution in [0.2, 0.25) is 0 Å². The molecule has 3 rings (SSSR count). The number of hydrogen-bond donors (Lipinski definition) is 2. The molecule has 25 heavy (non-hydrogen) atoms. The maximum atomic E-state index is 12.7. The number of halogens is 3. The molecule has 0 aliphatic rings. The van der Waals surface area contributed by atoms with E-state index < -0.39 is 17.8 Å². The molecular formula is C19H15F3N2O. The van der Waals surface area contributed by atoms with E-state index in [4.69, 9.17) is 0 Å². The number of carbonyl (C=O) groups is 1. The molecule has 0 saturated carbocycles. The monoisotopic (exact) mass is 344 g/mol. The molecule has 0 fully saturated rings. The number of benzene rings is 3. The summed E-state index contributed by atoms with van der Waals surface area (Å²) in [7, 11) is 0. The molecule has 6 heteroatoms. The zero-order valence-electron chi connectivity index (χ0n) is 13.1. The number of urea groups is 1. The summed E-state index contributed by atoms with van der Waals surface area (Å²) >= 11 is 0. The Balaban J connectivity index is 1.67. The first kappa shape index (κ1) is 16.8. The number of alkyl halides is 3. The average molecular weight is 344 g/mol. The zero-order valence-corrected chi connectivity index (χ0v) is 13.1. The minimum atomic E-state index is -4.45. The van der Waals surface area contributed by atoms with Crippen molar-refractivity contribution in [2.24, 2.45) is 0 Å². The minimum Gasteiger partial charge on any atom is -0.334 e. The Kier molecular flexibility index (Phi) is 4.61. The third kappa shape index (κ3) is 4.09. The van der Waals surface area contributed by atoms with Crippen LogP contribution >= 0.6 is 0 Å². The molecule has 0 aliphatic carbocycles. The van der Waals surface area contributed by atoms with Gasteiger partial charge in [0.05, 0.1) is 5.56 Å². The van der Waals surface area contributed by atoms with Crippen LogP contribution in [0.4, 0.5) is 23.7 Å². The second kappa shape index (κ2) is 6.84. The number of carbonyl (C=O) groups excluding carboxylic acids is 1. The van der Waals surface area contributed by atoms with Crippen LogP contribution in [0.5, 0.6) is 0 Å². The second-order valence-electron chi connectivity index (χ2n) is 5.52. The van der Waals surface area contributed by atoms with Crippen molar-refractivity contribution < 1.29 is 18.0 Å². The molecule has 2 N–H and O–H groups in total. The first-order valence-electron chi connectivity index (χ1n) is 7.62. The Morgan fingerprint density at radius 3 is 2.44 bits per heavy atom. The third-order valence-electron chi connectivity index (χ3n) is 3.77. The zero-order chi connectivity index (χ0) is 17.9. The van der Waals surface area contributed by atoms with Gasteiger partial charge in [-0.15, -0.1) is 0 Å².